The number of fused-ring (bicyclic) bond motifs is 1. The van der Waals surface area contributed by atoms with Crippen LogP contribution >= 0.6 is 0 Å². The number of rotatable bonds is 9. The van der Waals surface area contributed by atoms with Crippen molar-refractivity contribution in [1.29, 1.82) is 0 Å². The number of likely N-dealkylation sites (tertiary alicyclic amines) is 1. The highest BCUT2D eigenvalue weighted by Crippen LogP contribution is 2.37. The van der Waals surface area contributed by atoms with Crippen molar-refractivity contribution < 1.29 is 23.8 Å². The minimum atomic E-state index is -1.04. The molecule has 1 saturated heterocycles. The Balaban J connectivity index is 1.38. The summed E-state index contributed by atoms with van der Waals surface area (Å²) >= 11 is 0. The average molecular weight is 636 g/mol. The number of hydrogen-bond donors (Lipinski definition) is 2. The summed E-state index contributed by atoms with van der Waals surface area (Å²) < 4.78 is 27.1. The van der Waals surface area contributed by atoms with Crippen molar-refractivity contribution >= 4 is 16.9 Å². The number of ether oxygens (including phenoxy) is 2. The fourth-order valence-electron chi connectivity index (χ4n) is 6.35. The zero-order valence-electron chi connectivity index (χ0n) is 26.5. The highest BCUT2D eigenvalue weighted by molar-refractivity contribution is 5.91. The summed E-state index contributed by atoms with van der Waals surface area (Å²) in [6, 6.07) is 29.6. The molecule has 2 heterocycles. The summed E-state index contributed by atoms with van der Waals surface area (Å²) in [6.45, 7) is 3.24. The number of aromatic nitrogens is 1. The van der Waals surface area contributed by atoms with Gasteiger partial charge in [-0.05, 0) is 72.9 Å². The van der Waals surface area contributed by atoms with Crippen LogP contribution in [0.4, 0.5) is 9.18 Å². The first-order valence-corrected chi connectivity index (χ1v) is 15.8. The van der Waals surface area contributed by atoms with E-state index in [1.54, 1.807) is 43.5 Å². The largest absolute Gasteiger partial charge is 0.497 e. The van der Waals surface area contributed by atoms with Crippen LogP contribution in [-0.2, 0) is 12.1 Å². The molecule has 242 valence electrons. The van der Waals surface area contributed by atoms with E-state index in [9.17, 15) is 19.1 Å². The first-order chi connectivity index (χ1) is 22.8. The number of halogens is 1. The Morgan fingerprint density at radius 2 is 1.62 bits per heavy atom. The second kappa shape index (κ2) is 13.8. The van der Waals surface area contributed by atoms with Crippen LogP contribution in [0.5, 0.6) is 11.5 Å². The van der Waals surface area contributed by atoms with Crippen LogP contribution < -0.4 is 20.3 Å². The molecule has 2 N–H and O–H groups in total. The minimum absolute atomic E-state index is 0.240. The maximum atomic E-state index is 14.1. The van der Waals surface area contributed by atoms with Crippen molar-refractivity contribution in [3.05, 3.63) is 136 Å². The smallest absolute Gasteiger partial charge is 0.413 e. The van der Waals surface area contributed by atoms with Crippen molar-refractivity contribution in [2.75, 3.05) is 20.2 Å². The quantitative estimate of drug-likeness (QED) is 0.184. The topological polar surface area (TPSA) is 93.0 Å². The van der Waals surface area contributed by atoms with Gasteiger partial charge in [-0.3, -0.25) is 14.3 Å². The van der Waals surface area contributed by atoms with E-state index in [1.807, 2.05) is 61.5 Å². The lowest BCUT2D eigenvalue weighted by Crippen LogP contribution is -2.43. The molecular formula is C38H38FN3O5. The monoisotopic (exact) mass is 635 g/mol. The molecule has 0 aliphatic carbocycles. The van der Waals surface area contributed by atoms with Gasteiger partial charge in [0.05, 0.1) is 29.8 Å². The first-order valence-electron chi connectivity index (χ1n) is 15.8. The average Bonchev–Trinajstić information content (AvgIpc) is 3.11. The Hall–Kier alpha value is -4.99. The molecule has 0 bridgehead atoms. The second-order valence-corrected chi connectivity index (χ2v) is 11.9. The lowest BCUT2D eigenvalue weighted by atomic mass is 9.84. The molecule has 9 heteroatoms. The molecule has 1 aliphatic rings. The first kappa shape index (κ1) is 32.0. The van der Waals surface area contributed by atoms with Crippen molar-refractivity contribution in [3.8, 4) is 17.2 Å². The number of piperidine rings is 1. The van der Waals surface area contributed by atoms with Crippen LogP contribution in [0.3, 0.4) is 0 Å². The van der Waals surface area contributed by atoms with Gasteiger partial charge >= 0.3 is 6.09 Å². The number of aliphatic hydroxyl groups is 1. The van der Waals surface area contributed by atoms with E-state index < -0.39 is 17.5 Å². The van der Waals surface area contributed by atoms with Crippen molar-refractivity contribution in [2.24, 2.45) is 0 Å². The molecule has 1 aromatic heterocycles. The third-order valence-electron chi connectivity index (χ3n) is 8.98. The van der Waals surface area contributed by atoms with Gasteiger partial charge in [-0.15, -0.1) is 0 Å². The van der Waals surface area contributed by atoms with E-state index in [4.69, 9.17) is 9.47 Å². The van der Waals surface area contributed by atoms with Gasteiger partial charge in [0, 0.05) is 30.7 Å². The van der Waals surface area contributed by atoms with E-state index in [0.29, 0.717) is 60.3 Å². The van der Waals surface area contributed by atoms with Crippen LogP contribution in [-0.4, -0.2) is 40.9 Å². The number of carbonyl (C=O) groups is 1. The normalized spacial score (nSPS) is 15.2. The molecule has 6 rings (SSSR count). The number of nitrogens with zero attached hydrogens (tertiary/aromatic N) is 2. The van der Waals surface area contributed by atoms with E-state index in [2.05, 4.69) is 10.2 Å². The summed E-state index contributed by atoms with van der Waals surface area (Å²) in [5.41, 5.74) is 1.28. The van der Waals surface area contributed by atoms with Gasteiger partial charge in [-0.1, -0.05) is 67.6 Å². The summed E-state index contributed by atoms with van der Waals surface area (Å²) in [5.74, 6) is 0.494. The van der Waals surface area contributed by atoms with Gasteiger partial charge in [0.25, 0.3) is 5.56 Å². The van der Waals surface area contributed by atoms with Crippen molar-refractivity contribution in [1.82, 2.24) is 14.8 Å². The second-order valence-electron chi connectivity index (χ2n) is 11.9. The summed E-state index contributed by atoms with van der Waals surface area (Å²) in [4.78, 5) is 29.8. The molecule has 0 saturated carbocycles. The molecule has 8 nitrogen and oxygen atoms in total. The number of hydrogen-bond acceptors (Lipinski definition) is 6. The van der Waals surface area contributed by atoms with E-state index in [1.165, 1.54) is 16.7 Å². The third-order valence-corrected chi connectivity index (χ3v) is 8.98. The molecule has 0 unspecified atom stereocenters. The number of carbonyl (C=O) groups excluding carboxylic acids is 1. The van der Waals surface area contributed by atoms with Gasteiger partial charge < -0.3 is 19.9 Å². The molecule has 0 radical (unpaired) electrons. The Labute approximate surface area is 273 Å². The van der Waals surface area contributed by atoms with E-state index >= 15 is 0 Å². The van der Waals surface area contributed by atoms with Crippen LogP contribution in [0.1, 0.15) is 49.0 Å². The molecular weight excluding hydrogens is 597 g/mol. The lowest BCUT2D eigenvalue weighted by Gasteiger charge is -2.39. The number of methoxy groups -OCH3 is 1. The molecule has 1 amide bonds. The number of amides is 1. The van der Waals surface area contributed by atoms with Crippen LogP contribution in [0.2, 0.25) is 0 Å². The van der Waals surface area contributed by atoms with E-state index in [0.717, 1.165) is 11.1 Å². The van der Waals surface area contributed by atoms with E-state index in [-0.39, 0.29) is 23.9 Å². The predicted octanol–water partition coefficient (Wildman–Crippen LogP) is 6.86. The number of nitrogens with one attached hydrogen (secondary N) is 1. The summed E-state index contributed by atoms with van der Waals surface area (Å²) in [5, 5.41) is 15.5. The molecule has 47 heavy (non-hydrogen) atoms. The zero-order valence-corrected chi connectivity index (χ0v) is 26.5. The Kier molecular flexibility index (Phi) is 9.38. The van der Waals surface area contributed by atoms with Gasteiger partial charge in [0.15, 0.2) is 5.75 Å². The highest BCUT2D eigenvalue weighted by atomic mass is 19.1. The molecule has 0 spiro atoms. The number of benzene rings is 4. The van der Waals surface area contributed by atoms with Gasteiger partial charge in [0.2, 0.25) is 0 Å². The van der Waals surface area contributed by atoms with Crippen molar-refractivity contribution in [2.45, 2.75) is 44.4 Å². The Bertz CT molecular complexity index is 1920. The molecule has 4 aromatic carbocycles. The summed E-state index contributed by atoms with van der Waals surface area (Å²) in [6.07, 6.45) is 0.884. The minimum Gasteiger partial charge on any atom is -0.497 e. The highest BCUT2D eigenvalue weighted by Gasteiger charge is 2.35. The van der Waals surface area contributed by atoms with Gasteiger partial charge in [0.1, 0.15) is 11.6 Å². The maximum Gasteiger partial charge on any atom is 0.413 e. The predicted molar refractivity (Wildman–Crippen MR) is 180 cm³/mol. The molecule has 1 atom stereocenters. The third kappa shape index (κ3) is 6.77. The fraction of sp³-hybridized carbons (Fsp3) is 0.263. The van der Waals surface area contributed by atoms with Gasteiger partial charge in [-0.2, -0.15) is 0 Å². The lowest BCUT2D eigenvalue weighted by molar-refractivity contribution is -0.0283. The molecule has 1 aliphatic heterocycles. The van der Waals surface area contributed by atoms with Crippen LogP contribution in [0.25, 0.3) is 16.5 Å². The molecule has 5 aromatic rings. The maximum absolute atomic E-state index is 14.1. The zero-order chi connectivity index (χ0) is 33.0. The molecule has 1 fully saturated rings. The summed E-state index contributed by atoms with van der Waals surface area (Å²) in [7, 11) is 1.60. The Morgan fingerprint density at radius 3 is 2.30 bits per heavy atom. The SMILES string of the molecule is CC[C@H](NC(=O)Oc1c(CN2CCC(O)(c3cccc(OC)c3)CC2)n(-c2ccc(F)cc2)c(=O)c2ccccc12)c1ccccc1. The standard InChI is InChI=1S/C38H38FN3O5/c1-3-33(26-10-5-4-6-11-26)40-37(44)47-35-31-14-7-8-15-32(31)36(43)42(29-18-16-28(39)17-19-29)34(35)25-41-22-20-38(45,21-23-41)27-12-9-13-30(24-27)46-2/h4-19,24,33,45H,3,20-23,25H2,1-2H3,(H,40,44)/t33-/m0/s1. The van der Waals surface area contributed by atoms with Gasteiger partial charge in [-0.25, -0.2) is 9.18 Å². The number of pyridine rings is 1. The van der Waals surface area contributed by atoms with Crippen LogP contribution in [0, 0.1) is 5.82 Å². The fourth-order valence-corrected chi connectivity index (χ4v) is 6.35. The van der Waals surface area contributed by atoms with Crippen LogP contribution in [0.15, 0.2) is 108 Å². The Morgan fingerprint density at radius 1 is 0.936 bits per heavy atom. The van der Waals surface area contributed by atoms with Crippen molar-refractivity contribution in [3.63, 3.8) is 0 Å².